The number of amidine groups is 1. The number of fused-ring (bicyclic) bond motifs is 1. The van der Waals surface area contributed by atoms with E-state index in [1.54, 1.807) is 41.3 Å². The number of thioether (sulfide) groups is 1. The van der Waals surface area contributed by atoms with E-state index < -0.39 is 9.84 Å². The van der Waals surface area contributed by atoms with Crippen molar-refractivity contribution in [3.63, 3.8) is 0 Å². The highest BCUT2D eigenvalue weighted by molar-refractivity contribution is 8.16. The molecule has 9 heteroatoms. The van der Waals surface area contributed by atoms with Gasteiger partial charge in [0.15, 0.2) is 15.0 Å². The molecule has 28 heavy (non-hydrogen) atoms. The molecule has 2 saturated heterocycles. The Kier molecular flexibility index (Phi) is 5.20. The van der Waals surface area contributed by atoms with Gasteiger partial charge in [-0.05, 0) is 42.0 Å². The van der Waals surface area contributed by atoms with E-state index in [1.165, 1.54) is 23.9 Å². The van der Waals surface area contributed by atoms with Gasteiger partial charge in [0.1, 0.15) is 5.82 Å². The van der Waals surface area contributed by atoms with E-state index in [0.29, 0.717) is 15.9 Å². The van der Waals surface area contributed by atoms with E-state index in [-0.39, 0.29) is 40.9 Å². The summed E-state index contributed by atoms with van der Waals surface area (Å²) in [7, 11) is -3.15. The Labute approximate surface area is 171 Å². The van der Waals surface area contributed by atoms with E-state index in [4.69, 9.17) is 11.6 Å². The normalized spacial score (nSPS) is 24.5. The number of hydrogen-bond donors (Lipinski definition) is 0. The maximum absolute atomic E-state index is 13.3. The molecule has 2 aliphatic rings. The minimum Gasteiger partial charge on any atom is -0.316 e. The SMILES string of the molecule is O=C(Cc1ccc(Cl)cc1)N=C1S[C@H]2CS(=O)(=O)C[C@H]2N1c1ccc(F)cc1. The van der Waals surface area contributed by atoms with Crippen LogP contribution in [0.2, 0.25) is 5.02 Å². The molecule has 4 rings (SSSR count). The van der Waals surface area contributed by atoms with Gasteiger partial charge in [0.25, 0.3) is 5.91 Å². The van der Waals surface area contributed by atoms with Crippen LogP contribution in [0.4, 0.5) is 10.1 Å². The Morgan fingerprint density at radius 1 is 1.14 bits per heavy atom. The summed E-state index contributed by atoms with van der Waals surface area (Å²) in [6.45, 7) is 0. The van der Waals surface area contributed by atoms with Gasteiger partial charge < -0.3 is 4.90 Å². The maximum atomic E-state index is 13.3. The molecule has 0 radical (unpaired) electrons. The molecule has 2 aliphatic heterocycles. The number of halogens is 2. The quantitative estimate of drug-likeness (QED) is 0.735. The highest BCUT2D eigenvalue weighted by Crippen LogP contribution is 2.41. The number of amides is 1. The van der Waals surface area contributed by atoms with E-state index in [0.717, 1.165) is 5.56 Å². The molecule has 0 unspecified atom stereocenters. The lowest BCUT2D eigenvalue weighted by molar-refractivity contribution is -0.117. The second-order valence-electron chi connectivity index (χ2n) is 6.74. The smallest absolute Gasteiger partial charge is 0.252 e. The number of benzene rings is 2. The Morgan fingerprint density at radius 3 is 2.50 bits per heavy atom. The average Bonchev–Trinajstić information content (AvgIpc) is 3.09. The number of hydrogen-bond acceptors (Lipinski definition) is 4. The lowest BCUT2D eigenvalue weighted by Crippen LogP contribution is -2.37. The molecule has 146 valence electrons. The summed E-state index contributed by atoms with van der Waals surface area (Å²) in [6.07, 6.45) is 0.117. The zero-order valence-corrected chi connectivity index (χ0v) is 17.0. The molecule has 5 nitrogen and oxygen atoms in total. The number of rotatable bonds is 3. The van der Waals surface area contributed by atoms with Crippen molar-refractivity contribution in [3.8, 4) is 0 Å². The first-order valence-corrected chi connectivity index (χ1v) is 11.7. The predicted octanol–water partition coefficient (Wildman–Crippen LogP) is 3.32. The lowest BCUT2D eigenvalue weighted by Gasteiger charge is -2.24. The van der Waals surface area contributed by atoms with Gasteiger partial charge in [-0.2, -0.15) is 4.99 Å². The Morgan fingerprint density at radius 2 is 1.82 bits per heavy atom. The van der Waals surface area contributed by atoms with Crippen molar-refractivity contribution >= 4 is 50.0 Å². The summed E-state index contributed by atoms with van der Waals surface area (Å²) in [5.41, 5.74) is 1.41. The summed E-state index contributed by atoms with van der Waals surface area (Å²) in [5.74, 6) is -0.681. The van der Waals surface area contributed by atoms with Gasteiger partial charge in [0, 0.05) is 16.0 Å². The van der Waals surface area contributed by atoms with Gasteiger partial charge in [-0.25, -0.2) is 12.8 Å². The largest absolute Gasteiger partial charge is 0.316 e. The highest BCUT2D eigenvalue weighted by atomic mass is 35.5. The monoisotopic (exact) mass is 438 g/mol. The van der Waals surface area contributed by atoms with Crippen LogP contribution in [0.15, 0.2) is 53.5 Å². The first kappa shape index (κ1) is 19.4. The molecule has 0 aromatic heterocycles. The van der Waals surface area contributed by atoms with E-state index in [1.807, 2.05) is 0 Å². The van der Waals surface area contributed by atoms with Crippen LogP contribution in [0.25, 0.3) is 0 Å². The lowest BCUT2D eigenvalue weighted by atomic mass is 10.1. The third-order valence-corrected chi connectivity index (χ3v) is 8.12. The third kappa shape index (κ3) is 4.09. The molecule has 0 spiro atoms. The van der Waals surface area contributed by atoms with Crippen molar-refractivity contribution in [2.45, 2.75) is 17.7 Å². The molecule has 2 heterocycles. The molecule has 2 aromatic rings. The predicted molar refractivity (Wildman–Crippen MR) is 110 cm³/mol. The van der Waals surface area contributed by atoms with Gasteiger partial charge >= 0.3 is 0 Å². The molecule has 2 fully saturated rings. The van der Waals surface area contributed by atoms with Crippen LogP contribution in [0, 0.1) is 5.82 Å². The molecular weight excluding hydrogens is 423 g/mol. The van der Waals surface area contributed by atoms with Crippen LogP contribution in [0.5, 0.6) is 0 Å². The number of nitrogens with zero attached hydrogens (tertiary/aromatic N) is 2. The minimum atomic E-state index is -3.15. The van der Waals surface area contributed by atoms with Gasteiger partial charge in [0.05, 0.1) is 24.0 Å². The zero-order valence-electron chi connectivity index (χ0n) is 14.6. The number of anilines is 1. The van der Waals surface area contributed by atoms with Gasteiger partial charge in [-0.3, -0.25) is 4.79 Å². The number of aliphatic imine (C=N–C) groups is 1. The fourth-order valence-electron chi connectivity index (χ4n) is 3.39. The minimum absolute atomic E-state index is 0.00750. The number of sulfone groups is 1. The zero-order chi connectivity index (χ0) is 19.9. The topological polar surface area (TPSA) is 66.8 Å². The summed E-state index contributed by atoms with van der Waals surface area (Å²) >= 11 is 7.16. The first-order chi connectivity index (χ1) is 13.3. The highest BCUT2D eigenvalue weighted by Gasteiger charge is 2.49. The van der Waals surface area contributed by atoms with Crippen molar-refractivity contribution in [1.82, 2.24) is 0 Å². The maximum Gasteiger partial charge on any atom is 0.252 e. The van der Waals surface area contributed by atoms with Crippen molar-refractivity contribution < 1.29 is 17.6 Å². The Hall–Kier alpha value is -1.90. The second kappa shape index (κ2) is 7.50. The van der Waals surface area contributed by atoms with Crippen molar-refractivity contribution in [2.24, 2.45) is 4.99 Å². The first-order valence-electron chi connectivity index (χ1n) is 8.58. The van der Waals surface area contributed by atoms with Crippen molar-refractivity contribution in [3.05, 3.63) is 64.9 Å². The fraction of sp³-hybridized carbons (Fsp3) is 0.263. The molecule has 0 aliphatic carbocycles. The molecule has 2 aromatic carbocycles. The number of carbonyl (C=O) groups is 1. The van der Waals surface area contributed by atoms with Gasteiger partial charge in [0.2, 0.25) is 0 Å². The molecular formula is C19H16ClFN2O3S2. The van der Waals surface area contributed by atoms with Crippen LogP contribution in [0.1, 0.15) is 5.56 Å². The van der Waals surface area contributed by atoms with Crippen LogP contribution >= 0.6 is 23.4 Å². The van der Waals surface area contributed by atoms with Crippen LogP contribution in [0.3, 0.4) is 0 Å². The van der Waals surface area contributed by atoms with E-state index in [9.17, 15) is 17.6 Å². The van der Waals surface area contributed by atoms with Crippen molar-refractivity contribution in [2.75, 3.05) is 16.4 Å². The van der Waals surface area contributed by atoms with E-state index >= 15 is 0 Å². The van der Waals surface area contributed by atoms with Crippen LogP contribution in [-0.2, 0) is 21.1 Å². The van der Waals surface area contributed by atoms with Crippen molar-refractivity contribution in [1.29, 1.82) is 0 Å². The summed E-state index contributed by atoms with van der Waals surface area (Å²) in [6, 6.07) is 12.4. The Balaban J connectivity index is 1.62. The average molecular weight is 439 g/mol. The summed E-state index contributed by atoms with van der Waals surface area (Å²) in [4.78, 5) is 18.5. The van der Waals surface area contributed by atoms with Gasteiger partial charge in [-0.15, -0.1) is 0 Å². The van der Waals surface area contributed by atoms with Gasteiger partial charge in [-0.1, -0.05) is 35.5 Å². The Bertz CT molecular complexity index is 1040. The van der Waals surface area contributed by atoms with E-state index in [2.05, 4.69) is 4.99 Å². The molecule has 0 saturated carbocycles. The van der Waals surface area contributed by atoms with Crippen LogP contribution in [-0.4, -0.2) is 42.3 Å². The molecule has 1 amide bonds. The second-order valence-corrected chi connectivity index (χ2v) is 10.5. The third-order valence-electron chi connectivity index (χ3n) is 4.66. The number of carbonyl (C=O) groups excluding carboxylic acids is 1. The standard InChI is InChI=1S/C19H16ClFN2O3S2/c20-13-3-1-12(2-4-13)9-18(24)22-19-23(15-7-5-14(21)6-8-15)16-10-28(25,26)11-17(16)27-19/h1-8,16-17H,9-11H2/t16-,17+/m1/s1. The fourth-order valence-corrected chi connectivity index (χ4v) is 7.45. The molecule has 2 atom stereocenters. The summed E-state index contributed by atoms with van der Waals surface area (Å²) in [5, 5.41) is 0.845. The van der Waals surface area contributed by atoms with Crippen LogP contribution < -0.4 is 4.90 Å². The molecule has 0 bridgehead atoms. The summed E-state index contributed by atoms with van der Waals surface area (Å²) < 4.78 is 37.4. The molecule has 0 N–H and O–H groups in total.